The molecular formula is C14H26N2O3S2. The molecule has 1 heterocycles. The first kappa shape index (κ1) is 18.6. The Morgan fingerprint density at radius 2 is 2.10 bits per heavy atom. The van der Waals surface area contributed by atoms with Crippen LogP contribution in [0.25, 0.3) is 0 Å². The average Bonchev–Trinajstić information content (AvgIpc) is 2.88. The molecule has 0 aliphatic rings. The van der Waals surface area contributed by atoms with Crippen molar-refractivity contribution in [2.24, 2.45) is 5.92 Å². The number of thiophene rings is 1. The number of hydrogen-bond donors (Lipinski definition) is 2. The van der Waals surface area contributed by atoms with E-state index in [2.05, 4.69) is 30.8 Å². The van der Waals surface area contributed by atoms with Crippen LogP contribution in [0, 0.1) is 5.92 Å². The summed E-state index contributed by atoms with van der Waals surface area (Å²) in [6.07, 6.45) is 1.06. The van der Waals surface area contributed by atoms with Gasteiger partial charge in [0.25, 0.3) is 0 Å². The zero-order chi connectivity index (χ0) is 15.7. The predicted molar refractivity (Wildman–Crippen MR) is 87.2 cm³/mol. The van der Waals surface area contributed by atoms with Gasteiger partial charge in [0.05, 0.1) is 6.61 Å². The zero-order valence-corrected chi connectivity index (χ0v) is 14.6. The van der Waals surface area contributed by atoms with Gasteiger partial charge in [-0.15, -0.1) is 11.3 Å². The second-order valence-electron chi connectivity index (χ2n) is 5.32. The topological polar surface area (TPSA) is 67.4 Å². The number of ether oxygens (including phenoxy) is 1. The lowest BCUT2D eigenvalue weighted by molar-refractivity contribution is 0.114. The third-order valence-electron chi connectivity index (χ3n) is 2.64. The molecule has 122 valence electrons. The van der Waals surface area contributed by atoms with Gasteiger partial charge in [-0.1, -0.05) is 20.8 Å². The van der Waals surface area contributed by atoms with Crippen LogP contribution in [0.3, 0.4) is 0 Å². The highest BCUT2D eigenvalue weighted by atomic mass is 32.2. The average molecular weight is 335 g/mol. The summed E-state index contributed by atoms with van der Waals surface area (Å²) in [5.74, 6) is 0.456. The molecule has 5 nitrogen and oxygen atoms in total. The summed E-state index contributed by atoms with van der Waals surface area (Å²) < 4.78 is 32.5. The molecule has 0 saturated carbocycles. The SMILES string of the molecule is CCCNCc1csc(S(=O)(=O)NCCOCC(C)C)c1. The standard InChI is InChI=1S/C14H26N2O3S2/c1-4-5-15-9-13-8-14(20-11-13)21(17,18)16-6-7-19-10-12(2)3/h8,11-12,15-16H,4-7,9-10H2,1-3H3. The predicted octanol–water partition coefficient (Wildman–Crippen LogP) is 2.20. The number of rotatable bonds is 11. The van der Waals surface area contributed by atoms with Crippen LogP contribution >= 0.6 is 11.3 Å². The zero-order valence-electron chi connectivity index (χ0n) is 13.0. The van der Waals surface area contributed by atoms with Gasteiger partial charge in [0.1, 0.15) is 4.21 Å². The van der Waals surface area contributed by atoms with Gasteiger partial charge in [-0.3, -0.25) is 0 Å². The highest BCUT2D eigenvalue weighted by Crippen LogP contribution is 2.19. The van der Waals surface area contributed by atoms with Crippen molar-refractivity contribution in [1.82, 2.24) is 10.0 Å². The first-order valence-electron chi connectivity index (χ1n) is 7.31. The van der Waals surface area contributed by atoms with Gasteiger partial charge in [0.2, 0.25) is 10.0 Å². The molecule has 21 heavy (non-hydrogen) atoms. The molecule has 2 N–H and O–H groups in total. The lowest BCUT2D eigenvalue weighted by Gasteiger charge is -2.07. The maximum Gasteiger partial charge on any atom is 0.250 e. The number of sulfonamides is 1. The third-order valence-corrected chi connectivity index (χ3v) is 5.59. The van der Waals surface area contributed by atoms with Crippen LogP contribution in [0.1, 0.15) is 32.8 Å². The molecular weight excluding hydrogens is 308 g/mol. The maximum absolute atomic E-state index is 12.1. The van der Waals surface area contributed by atoms with Crippen molar-refractivity contribution < 1.29 is 13.2 Å². The first-order valence-corrected chi connectivity index (χ1v) is 9.67. The summed E-state index contributed by atoms with van der Waals surface area (Å²) in [5.41, 5.74) is 1.00. The minimum Gasteiger partial charge on any atom is -0.380 e. The Bertz CT molecular complexity index is 498. The second kappa shape index (κ2) is 9.53. The van der Waals surface area contributed by atoms with Crippen LogP contribution in [0.2, 0.25) is 0 Å². The Hall–Kier alpha value is -0.470. The third kappa shape index (κ3) is 7.37. The monoisotopic (exact) mass is 334 g/mol. The smallest absolute Gasteiger partial charge is 0.250 e. The van der Waals surface area contributed by atoms with Crippen molar-refractivity contribution in [1.29, 1.82) is 0 Å². The quantitative estimate of drug-likeness (QED) is 0.609. The summed E-state index contributed by atoms with van der Waals surface area (Å²) in [4.78, 5) is 0. The Balaban J connectivity index is 2.39. The molecule has 0 radical (unpaired) electrons. The van der Waals surface area contributed by atoms with Gasteiger partial charge in [-0.25, -0.2) is 13.1 Å². The van der Waals surface area contributed by atoms with Gasteiger partial charge in [0.15, 0.2) is 0 Å². The van der Waals surface area contributed by atoms with Crippen LogP contribution in [0.4, 0.5) is 0 Å². The molecule has 0 aromatic carbocycles. The van der Waals surface area contributed by atoms with E-state index in [9.17, 15) is 8.42 Å². The van der Waals surface area contributed by atoms with E-state index >= 15 is 0 Å². The van der Waals surface area contributed by atoms with Crippen molar-refractivity contribution in [2.75, 3.05) is 26.3 Å². The molecule has 0 saturated heterocycles. The summed E-state index contributed by atoms with van der Waals surface area (Å²) >= 11 is 1.25. The van der Waals surface area contributed by atoms with E-state index in [-0.39, 0.29) is 0 Å². The molecule has 0 aliphatic carbocycles. The molecule has 0 unspecified atom stereocenters. The molecule has 0 bridgehead atoms. The van der Waals surface area contributed by atoms with Gasteiger partial charge in [0, 0.05) is 19.7 Å². The Labute approximate surface area is 132 Å². The highest BCUT2D eigenvalue weighted by Gasteiger charge is 2.16. The molecule has 0 aliphatic heterocycles. The molecule has 1 rings (SSSR count). The fraction of sp³-hybridized carbons (Fsp3) is 0.714. The molecule has 0 spiro atoms. The van der Waals surface area contributed by atoms with Crippen molar-refractivity contribution in [3.8, 4) is 0 Å². The van der Waals surface area contributed by atoms with Gasteiger partial charge in [-0.05, 0) is 35.9 Å². The molecule has 0 amide bonds. The van der Waals surface area contributed by atoms with Crippen molar-refractivity contribution in [3.05, 3.63) is 17.0 Å². The maximum atomic E-state index is 12.1. The highest BCUT2D eigenvalue weighted by molar-refractivity contribution is 7.91. The molecule has 7 heteroatoms. The number of nitrogens with one attached hydrogen (secondary N) is 2. The number of hydrogen-bond acceptors (Lipinski definition) is 5. The van der Waals surface area contributed by atoms with Crippen LogP contribution < -0.4 is 10.0 Å². The lowest BCUT2D eigenvalue weighted by Crippen LogP contribution is -2.27. The fourth-order valence-corrected chi connectivity index (χ4v) is 3.90. The van der Waals surface area contributed by atoms with E-state index in [1.807, 2.05) is 5.38 Å². The molecule has 0 fully saturated rings. The Morgan fingerprint density at radius 1 is 1.33 bits per heavy atom. The first-order chi connectivity index (χ1) is 9.95. The van der Waals surface area contributed by atoms with Gasteiger partial charge in [-0.2, -0.15) is 0 Å². The summed E-state index contributed by atoms with van der Waals surface area (Å²) in [6, 6.07) is 1.73. The van der Waals surface area contributed by atoms with Gasteiger partial charge < -0.3 is 10.1 Å². The summed E-state index contributed by atoms with van der Waals surface area (Å²) in [5, 5.41) is 5.14. The summed E-state index contributed by atoms with van der Waals surface area (Å²) in [6.45, 7) is 9.20. The van der Waals surface area contributed by atoms with Crippen LogP contribution in [-0.4, -0.2) is 34.7 Å². The van der Waals surface area contributed by atoms with Crippen molar-refractivity contribution >= 4 is 21.4 Å². The van der Waals surface area contributed by atoms with E-state index < -0.39 is 10.0 Å². The van der Waals surface area contributed by atoms with Crippen molar-refractivity contribution in [2.45, 2.75) is 37.9 Å². The van der Waals surface area contributed by atoms with Crippen LogP contribution in [-0.2, 0) is 21.3 Å². The fourth-order valence-electron chi connectivity index (χ4n) is 1.63. The van der Waals surface area contributed by atoms with Gasteiger partial charge >= 0.3 is 0 Å². The van der Waals surface area contributed by atoms with E-state index in [1.165, 1.54) is 11.3 Å². The normalized spacial score (nSPS) is 12.2. The molecule has 1 aromatic rings. The van der Waals surface area contributed by atoms with E-state index in [1.54, 1.807) is 6.07 Å². The minimum absolute atomic E-state index is 0.302. The molecule has 0 atom stereocenters. The van der Waals surface area contributed by atoms with E-state index in [4.69, 9.17) is 4.74 Å². The van der Waals surface area contributed by atoms with E-state index in [0.717, 1.165) is 18.5 Å². The van der Waals surface area contributed by atoms with E-state index in [0.29, 0.717) is 36.4 Å². The minimum atomic E-state index is -3.41. The Morgan fingerprint density at radius 3 is 2.76 bits per heavy atom. The van der Waals surface area contributed by atoms with Crippen molar-refractivity contribution in [3.63, 3.8) is 0 Å². The summed E-state index contributed by atoms with van der Waals surface area (Å²) in [7, 11) is -3.41. The van der Waals surface area contributed by atoms with Crippen LogP contribution in [0.15, 0.2) is 15.7 Å². The Kier molecular flexibility index (Phi) is 8.43. The molecule has 1 aromatic heterocycles. The lowest BCUT2D eigenvalue weighted by atomic mass is 10.2. The van der Waals surface area contributed by atoms with Crippen LogP contribution in [0.5, 0.6) is 0 Å². The largest absolute Gasteiger partial charge is 0.380 e. The second-order valence-corrected chi connectivity index (χ2v) is 8.22.